The Balaban J connectivity index is 2.49. The molecular weight excluding hydrogens is 152 g/mol. The third-order valence-corrected chi connectivity index (χ3v) is 4.93. The predicted octanol–water partition coefficient (Wildman–Crippen LogP) is 1.29. The van der Waals surface area contributed by atoms with Crippen LogP contribution in [0.3, 0.4) is 0 Å². The van der Waals surface area contributed by atoms with Crippen molar-refractivity contribution in [3.63, 3.8) is 0 Å². The number of ether oxygens (including phenoxy) is 1. The van der Waals surface area contributed by atoms with Gasteiger partial charge >= 0.3 is 0 Å². The van der Waals surface area contributed by atoms with Gasteiger partial charge in [-0.15, -0.1) is 0 Å². The van der Waals surface area contributed by atoms with Crippen molar-refractivity contribution in [3.05, 3.63) is 0 Å². The van der Waals surface area contributed by atoms with Crippen molar-refractivity contribution in [2.75, 3.05) is 6.61 Å². The smallest absolute Gasteiger partial charge is 0.0510 e. The Morgan fingerprint density at radius 1 is 1.55 bits per heavy atom. The molecule has 1 aliphatic rings. The molecule has 66 valence electrons. The van der Waals surface area contributed by atoms with E-state index in [1.54, 1.807) is 0 Å². The summed E-state index contributed by atoms with van der Waals surface area (Å²) < 4.78 is 5.88. The predicted molar refractivity (Wildman–Crippen MR) is 51.9 cm³/mol. The Hall–Kier alpha value is 0.177. The van der Waals surface area contributed by atoms with E-state index in [-0.39, 0.29) is 0 Å². The van der Waals surface area contributed by atoms with E-state index in [0.29, 0.717) is 5.22 Å². The minimum atomic E-state index is 0.326. The molecule has 1 aliphatic heterocycles. The number of rotatable bonds is 2. The maximum Gasteiger partial charge on any atom is 0.0510 e. The molecule has 0 spiro atoms. The van der Waals surface area contributed by atoms with Crippen LogP contribution in [-0.2, 0) is 4.74 Å². The molecule has 0 aromatic carbocycles. The van der Waals surface area contributed by atoms with Gasteiger partial charge in [0.2, 0.25) is 0 Å². The number of hydrogen-bond acceptors (Lipinski definition) is 1. The number of hydrogen-bond donors (Lipinski definition) is 0. The second-order valence-corrected chi connectivity index (χ2v) is 5.62. The molecule has 2 atom stereocenters. The van der Waals surface area contributed by atoms with E-state index in [0.717, 1.165) is 12.5 Å². The molecule has 0 aromatic heterocycles. The van der Waals surface area contributed by atoms with Crippen molar-refractivity contribution in [1.82, 2.24) is 0 Å². The van der Waals surface area contributed by atoms with E-state index in [2.05, 4.69) is 13.8 Å². The Morgan fingerprint density at radius 3 is 2.73 bits per heavy atom. The fourth-order valence-corrected chi connectivity index (χ4v) is 2.74. The van der Waals surface area contributed by atoms with Crippen molar-refractivity contribution in [3.8, 4) is 0 Å². The third-order valence-electron chi connectivity index (χ3n) is 3.15. The average Bonchev–Trinajstić information content (AvgIpc) is 2.04. The van der Waals surface area contributed by atoms with Gasteiger partial charge in [0.05, 0.1) is 5.22 Å². The van der Waals surface area contributed by atoms with Crippen molar-refractivity contribution in [2.45, 2.75) is 44.8 Å². The summed E-state index contributed by atoms with van der Waals surface area (Å²) in [4.78, 5) is 0. The standard InChI is InChI=1S/C9H20OSi/c1-3-8(2)9(11)6-4-5-7-10-9/h8H,3-7H2,1-2,11H3. The third kappa shape index (κ3) is 2.06. The van der Waals surface area contributed by atoms with Gasteiger partial charge in [0.25, 0.3) is 0 Å². The topological polar surface area (TPSA) is 9.23 Å². The normalized spacial score (nSPS) is 35.5. The lowest BCUT2D eigenvalue weighted by Gasteiger charge is -2.39. The molecule has 0 radical (unpaired) electrons. The second kappa shape index (κ2) is 3.72. The molecule has 1 rings (SSSR count). The van der Waals surface area contributed by atoms with Crippen LogP contribution in [0.15, 0.2) is 0 Å². The van der Waals surface area contributed by atoms with E-state index < -0.39 is 0 Å². The fourth-order valence-electron chi connectivity index (χ4n) is 1.78. The highest BCUT2D eigenvalue weighted by atomic mass is 28.1. The van der Waals surface area contributed by atoms with Gasteiger partial charge < -0.3 is 4.74 Å². The highest BCUT2D eigenvalue weighted by molar-refractivity contribution is 6.14. The summed E-state index contributed by atoms with van der Waals surface area (Å²) in [5.41, 5.74) is 0. The van der Waals surface area contributed by atoms with Crippen LogP contribution >= 0.6 is 0 Å². The molecule has 2 heteroatoms. The van der Waals surface area contributed by atoms with Gasteiger partial charge in [-0.25, -0.2) is 0 Å². The van der Waals surface area contributed by atoms with E-state index in [9.17, 15) is 0 Å². The molecule has 1 fully saturated rings. The lowest BCUT2D eigenvalue weighted by molar-refractivity contribution is -0.0517. The first-order valence-electron chi connectivity index (χ1n) is 4.83. The summed E-state index contributed by atoms with van der Waals surface area (Å²) in [6, 6.07) is 0. The maximum atomic E-state index is 5.88. The van der Waals surface area contributed by atoms with Crippen LogP contribution in [0.25, 0.3) is 0 Å². The summed E-state index contributed by atoms with van der Waals surface area (Å²) in [5, 5.41) is 0.326. The Bertz CT molecular complexity index is 119. The lowest BCUT2D eigenvalue weighted by atomic mass is 9.94. The molecule has 0 N–H and O–H groups in total. The van der Waals surface area contributed by atoms with Crippen molar-refractivity contribution < 1.29 is 4.74 Å². The monoisotopic (exact) mass is 172 g/mol. The zero-order valence-electron chi connectivity index (χ0n) is 8.02. The largest absolute Gasteiger partial charge is 0.379 e. The fraction of sp³-hybridized carbons (Fsp3) is 1.00. The van der Waals surface area contributed by atoms with E-state index in [1.165, 1.54) is 35.9 Å². The van der Waals surface area contributed by atoms with E-state index in [1.807, 2.05) is 0 Å². The zero-order valence-corrected chi connectivity index (χ0v) is 10.0. The molecule has 0 amide bonds. The summed E-state index contributed by atoms with van der Waals surface area (Å²) >= 11 is 0. The summed E-state index contributed by atoms with van der Waals surface area (Å²) in [7, 11) is 1.20. The zero-order chi connectivity index (χ0) is 8.32. The Kier molecular flexibility index (Phi) is 3.13. The van der Waals surface area contributed by atoms with E-state index >= 15 is 0 Å². The molecule has 1 nitrogen and oxygen atoms in total. The molecule has 11 heavy (non-hydrogen) atoms. The molecular formula is C9H20OSi. The van der Waals surface area contributed by atoms with Crippen LogP contribution in [0, 0.1) is 5.92 Å². The maximum absolute atomic E-state index is 5.88. The molecule has 0 bridgehead atoms. The quantitative estimate of drug-likeness (QED) is 0.570. The van der Waals surface area contributed by atoms with Gasteiger partial charge in [-0.05, 0) is 25.2 Å². The van der Waals surface area contributed by atoms with Gasteiger partial charge in [-0.2, -0.15) is 0 Å². The summed E-state index contributed by atoms with van der Waals surface area (Å²) in [5.74, 6) is 0.773. The second-order valence-electron chi connectivity index (χ2n) is 3.93. The summed E-state index contributed by atoms with van der Waals surface area (Å²) in [6.45, 7) is 5.61. The van der Waals surface area contributed by atoms with Crippen molar-refractivity contribution >= 4 is 10.2 Å². The average molecular weight is 172 g/mol. The van der Waals surface area contributed by atoms with Crippen LogP contribution in [0.2, 0.25) is 0 Å². The van der Waals surface area contributed by atoms with Gasteiger partial charge in [0, 0.05) is 16.8 Å². The van der Waals surface area contributed by atoms with Crippen LogP contribution < -0.4 is 0 Å². The molecule has 2 unspecified atom stereocenters. The minimum Gasteiger partial charge on any atom is -0.379 e. The van der Waals surface area contributed by atoms with Crippen molar-refractivity contribution in [2.24, 2.45) is 5.92 Å². The SMILES string of the molecule is CCC(C)C1([SiH3])CCCCO1. The van der Waals surface area contributed by atoms with Gasteiger partial charge in [0.15, 0.2) is 0 Å². The van der Waals surface area contributed by atoms with Crippen LogP contribution in [-0.4, -0.2) is 22.1 Å². The first-order chi connectivity index (χ1) is 5.19. The van der Waals surface area contributed by atoms with Crippen LogP contribution in [0.5, 0.6) is 0 Å². The van der Waals surface area contributed by atoms with Crippen LogP contribution in [0.4, 0.5) is 0 Å². The van der Waals surface area contributed by atoms with E-state index in [4.69, 9.17) is 4.74 Å². The first kappa shape index (κ1) is 9.27. The molecule has 1 saturated heterocycles. The van der Waals surface area contributed by atoms with Gasteiger partial charge in [0.1, 0.15) is 0 Å². The highest BCUT2D eigenvalue weighted by Crippen LogP contribution is 2.30. The first-order valence-corrected chi connectivity index (χ1v) is 5.83. The molecule has 0 aliphatic carbocycles. The Morgan fingerprint density at radius 2 is 2.27 bits per heavy atom. The molecule has 1 heterocycles. The molecule has 0 saturated carbocycles. The van der Waals surface area contributed by atoms with Gasteiger partial charge in [-0.1, -0.05) is 20.3 Å². The van der Waals surface area contributed by atoms with Crippen LogP contribution in [0.1, 0.15) is 39.5 Å². The van der Waals surface area contributed by atoms with Crippen molar-refractivity contribution in [1.29, 1.82) is 0 Å². The molecule has 0 aromatic rings. The lowest BCUT2D eigenvalue weighted by Crippen LogP contribution is -2.42. The minimum absolute atomic E-state index is 0.326. The summed E-state index contributed by atoms with van der Waals surface area (Å²) in [6.07, 6.45) is 5.24. The highest BCUT2D eigenvalue weighted by Gasteiger charge is 2.32. The van der Waals surface area contributed by atoms with Gasteiger partial charge in [-0.3, -0.25) is 0 Å². The Labute approximate surface area is 72.9 Å².